The second-order valence-corrected chi connectivity index (χ2v) is 5.43. The predicted octanol–water partition coefficient (Wildman–Crippen LogP) is -1.18. The maximum atomic E-state index is 11.4. The largest absolute Gasteiger partial charge is 0.328 e. The lowest BCUT2D eigenvalue weighted by Crippen LogP contribution is -2.28. The minimum atomic E-state index is -4.07. The molecule has 1 aromatic rings. The fourth-order valence-corrected chi connectivity index (χ4v) is 2.61. The number of nitrogens with zero attached hydrogens (tertiary/aromatic N) is 3. The quantitative estimate of drug-likeness (QED) is 0.522. The van der Waals surface area contributed by atoms with E-state index < -0.39 is 26.2 Å². The SMILES string of the molecule is CC(=O)NS(=O)(=O)c1nnc(NC(=O)C#N)s1. The molecule has 0 aromatic carbocycles. The van der Waals surface area contributed by atoms with Crippen molar-refractivity contribution in [3.8, 4) is 6.07 Å². The Morgan fingerprint density at radius 2 is 2.06 bits per heavy atom. The van der Waals surface area contributed by atoms with Crippen LogP contribution in [0, 0.1) is 11.3 Å². The van der Waals surface area contributed by atoms with Crippen LogP contribution >= 0.6 is 11.3 Å². The van der Waals surface area contributed by atoms with Gasteiger partial charge in [0.2, 0.25) is 11.0 Å². The summed E-state index contributed by atoms with van der Waals surface area (Å²) in [5, 5.41) is 16.7. The van der Waals surface area contributed by atoms with Crippen LogP contribution < -0.4 is 10.0 Å². The summed E-state index contributed by atoms with van der Waals surface area (Å²) in [6, 6.07) is 1.26. The van der Waals surface area contributed by atoms with Crippen LogP contribution in [0.3, 0.4) is 0 Å². The Morgan fingerprint density at radius 1 is 1.41 bits per heavy atom. The molecule has 0 aliphatic rings. The van der Waals surface area contributed by atoms with Gasteiger partial charge < -0.3 is 0 Å². The van der Waals surface area contributed by atoms with Crippen LogP contribution in [-0.4, -0.2) is 30.4 Å². The summed E-state index contributed by atoms with van der Waals surface area (Å²) in [5.41, 5.74) is 0. The molecule has 0 atom stereocenters. The minimum absolute atomic E-state index is 0.152. The first-order valence-corrected chi connectivity index (χ1v) is 6.23. The second kappa shape index (κ2) is 4.85. The molecule has 1 rings (SSSR count). The summed E-state index contributed by atoms with van der Waals surface area (Å²) < 4.78 is 24.0. The molecule has 9 nitrogen and oxygen atoms in total. The highest BCUT2D eigenvalue weighted by Crippen LogP contribution is 2.19. The van der Waals surface area contributed by atoms with Crippen molar-refractivity contribution in [2.45, 2.75) is 11.3 Å². The molecule has 1 aromatic heterocycles. The summed E-state index contributed by atoms with van der Waals surface area (Å²) in [4.78, 5) is 21.3. The van der Waals surface area contributed by atoms with Crippen molar-refractivity contribution in [3.63, 3.8) is 0 Å². The van der Waals surface area contributed by atoms with E-state index in [1.54, 1.807) is 4.72 Å². The van der Waals surface area contributed by atoms with Crippen LogP contribution in [0.2, 0.25) is 0 Å². The van der Waals surface area contributed by atoms with Gasteiger partial charge in [0.15, 0.2) is 6.07 Å². The number of carbonyl (C=O) groups is 2. The summed E-state index contributed by atoms with van der Waals surface area (Å²) in [5.74, 6) is -1.77. The van der Waals surface area contributed by atoms with Gasteiger partial charge in [-0.15, -0.1) is 10.2 Å². The molecule has 0 aliphatic heterocycles. The van der Waals surface area contributed by atoms with Crippen LogP contribution in [-0.2, 0) is 19.6 Å². The molecule has 0 spiro atoms. The Hall–Kier alpha value is -2.06. The number of rotatable bonds is 3. The van der Waals surface area contributed by atoms with Gasteiger partial charge in [-0.1, -0.05) is 11.3 Å². The van der Waals surface area contributed by atoms with Crippen molar-refractivity contribution in [3.05, 3.63) is 0 Å². The first kappa shape index (κ1) is 13.0. The van der Waals surface area contributed by atoms with Gasteiger partial charge >= 0.3 is 5.91 Å². The molecule has 1 heterocycles. The molecule has 11 heteroatoms. The molecule has 17 heavy (non-hydrogen) atoms. The van der Waals surface area contributed by atoms with Crippen molar-refractivity contribution >= 4 is 38.3 Å². The van der Waals surface area contributed by atoms with E-state index in [1.807, 2.05) is 5.32 Å². The molecule has 0 saturated heterocycles. The van der Waals surface area contributed by atoms with Gasteiger partial charge in [0.25, 0.3) is 14.4 Å². The molecular formula is C6H5N5O4S2. The van der Waals surface area contributed by atoms with Crippen molar-refractivity contribution < 1.29 is 18.0 Å². The number of carbonyl (C=O) groups excluding carboxylic acids is 2. The smallest absolute Gasteiger partial charge is 0.288 e. The van der Waals surface area contributed by atoms with E-state index in [2.05, 4.69) is 10.2 Å². The molecular weight excluding hydrogens is 270 g/mol. The lowest BCUT2D eigenvalue weighted by molar-refractivity contribution is -0.117. The fourth-order valence-electron chi connectivity index (χ4n) is 0.727. The highest BCUT2D eigenvalue weighted by molar-refractivity contribution is 7.92. The summed E-state index contributed by atoms with van der Waals surface area (Å²) in [6.07, 6.45) is 0. The number of nitriles is 1. The number of sulfonamides is 1. The van der Waals surface area contributed by atoms with Gasteiger partial charge in [0.05, 0.1) is 0 Å². The van der Waals surface area contributed by atoms with Gasteiger partial charge in [-0.25, -0.2) is 4.72 Å². The number of hydrogen-bond acceptors (Lipinski definition) is 8. The summed E-state index contributed by atoms with van der Waals surface area (Å²) >= 11 is 0.518. The average molecular weight is 275 g/mol. The molecule has 2 amide bonds. The standard InChI is InChI=1S/C6H5N5O4S2/c1-3(12)11-17(14,15)6-10-9-5(16-6)8-4(13)2-7/h1H3,(H,11,12)(H,8,9,13). The Morgan fingerprint density at radius 3 is 2.59 bits per heavy atom. The minimum Gasteiger partial charge on any atom is -0.288 e. The van der Waals surface area contributed by atoms with Crippen LogP contribution in [0.5, 0.6) is 0 Å². The van der Waals surface area contributed by atoms with E-state index in [0.29, 0.717) is 11.3 Å². The Kier molecular flexibility index (Phi) is 3.71. The average Bonchev–Trinajstić information content (AvgIpc) is 2.64. The van der Waals surface area contributed by atoms with E-state index in [1.165, 1.54) is 6.07 Å². The zero-order valence-electron chi connectivity index (χ0n) is 8.29. The molecule has 0 radical (unpaired) electrons. The molecule has 90 valence electrons. The Balaban J connectivity index is 2.92. The highest BCUT2D eigenvalue weighted by atomic mass is 32.2. The third kappa shape index (κ3) is 3.47. The molecule has 2 N–H and O–H groups in total. The van der Waals surface area contributed by atoms with Crippen LogP contribution in [0.25, 0.3) is 0 Å². The van der Waals surface area contributed by atoms with Crippen molar-refractivity contribution in [1.82, 2.24) is 14.9 Å². The number of nitrogens with one attached hydrogen (secondary N) is 2. The van der Waals surface area contributed by atoms with Gasteiger partial charge in [-0.3, -0.25) is 14.9 Å². The summed E-state index contributed by atoms with van der Waals surface area (Å²) in [6.45, 7) is 1.02. The molecule has 0 saturated carbocycles. The lowest BCUT2D eigenvalue weighted by atomic mass is 10.7. The third-order valence-corrected chi connectivity index (χ3v) is 3.88. The Bertz CT molecular complexity index is 598. The highest BCUT2D eigenvalue weighted by Gasteiger charge is 2.21. The van der Waals surface area contributed by atoms with Gasteiger partial charge in [-0.05, 0) is 0 Å². The van der Waals surface area contributed by atoms with Crippen molar-refractivity contribution in [1.29, 1.82) is 5.26 Å². The van der Waals surface area contributed by atoms with E-state index in [4.69, 9.17) is 5.26 Å². The van der Waals surface area contributed by atoms with Crippen LogP contribution in [0.15, 0.2) is 4.34 Å². The zero-order valence-corrected chi connectivity index (χ0v) is 9.92. The molecule has 0 fully saturated rings. The van der Waals surface area contributed by atoms with E-state index in [9.17, 15) is 18.0 Å². The number of hydrogen-bond donors (Lipinski definition) is 2. The summed E-state index contributed by atoms with van der Waals surface area (Å²) in [7, 11) is -4.07. The maximum Gasteiger partial charge on any atom is 0.328 e. The van der Waals surface area contributed by atoms with Gasteiger partial charge in [0, 0.05) is 6.92 Å². The number of amides is 2. The van der Waals surface area contributed by atoms with E-state index in [-0.39, 0.29) is 5.13 Å². The predicted molar refractivity (Wildman–Crippen MR) is 55.2 cm³/mol. The van der Waals surface area contributed by atoms with Crippen molar-refractivity contribution in [2.24, 2.45) is 0 Å². The van der Waals surface area contributed by atoms with E-state index >= 15 is 0 Å². The first-order valence-electron chi connectivity index (χ1n) is 3.93. The topological polar surface area (TPSA) is 142 Å². The zero-order chi connectivity index (χ0) is 13.1. The van der Waals surface area contributed by atoms with Gasteiger partial charge in [0.1, 0.15) is 0 Å². The monoisotopic (exact) mass is 275 g/mol. The van der Waals surface area contributed by atoms with Crippen LogP contribution in [0.4, 0.5) is 5.13 Å². The lowest BCUT2D eigenvalue weighted by Gasteiger charge is -1.97. The molecule has 0 unspecified atom stereocenters. The van der Waals surface area contributed by atoms with Crippen LogP contribution in [0.1, 0.15) is 6.92 Å². The second-order valence-electron chi connectivity index (χ2n) is 2.60. The normalized spacial score (nSPS) is 10.4. The number of anilines is 1. The maximum absolute atomic E-state index is 11.4. The molecule has 0 aliphatic carbocycles. The number of aromatic nitrogens is 2. The first-order chi connectivity index (χ1) is 7.85. The molecule has 0 bridgehead atoms. The third-order valence-electron chi connectivity index (χ3n) is 1.24. The fraction of sp³-hybridized carbons (Fsp3) is 0.167. The van der Waals surface area contributed by atoms with E-state index in [0.717, 1.165) is 6.92 Å². The Labute approximate surface area is 99.5 Å². The van der Waals surface area contributed by atoms with Crippen molar-refractivity contribution in [2.75, 3.05) is 5.32 Å². The van der Waals surface area contributed by atoms with Gasteiger partial charge in [-0.2, -0.15) is 13.7 Å².